The molecule has 3 nitrogen and oxygen atoms in total. The van der Waals surface area contributed by atoms with Crippen molar-refractivity contribution < 1.29 is 9.00 Å². The number of carbonyl (C=O) groups is 1. The highest BCUT2D eigenvalue weighted by Gasteiger charge is 2.16. The second-order valence-electron chi connectivity index (χ2n) is 3.76. The Morgan fingerprint density at radius 2 is 1.28 bits per heavy atom. The van der Waals surface area contributed by atoms with Gasteiger partial charge in [-0.3, -0.25) is 4.79 Å². The molecule has 4 heteroatoms. The van der Waals surface area contributed by atoms with Gasteiger partial charge >= 0.3 is 0 Å². The lowest BCUT2D eigenvalue weighted by atomic mass is 10.4. The number of amides is 1. The maximum Gasteiger partial charge on any atom is 0.251 e. The zero-order chi connectivity index (χ0) is 13.0. The monoisotopic (exact) mass is 259 g/mol. The zero-order valence-electron chi connectivity index (χ0n) is 9.95. The fourth-order valence-corrected chi connectivity index (χ4v) is 3.53. The Bertz CT molecular complexity index is 611. The van der Waals surface area contributed by atoms with E-state index in [2.05, 4.69) is 4.36 Å². The van der Waals surface area contributed by atoms with E-state index in [9.17, 15) is 9.00 Å². The van der Waals surface area contributed by atoms with Crippen molar-refractivity contribution in [3.63, 3.8) is 0 Å². The minimum Gasteiger partial charge on any atom is -0.272 e. The van der Waals surface area contributed by atoms with Crippen molar-refractivity contribution in [2.24, 2.45) is 4.36 Å². The summed E-state index contributed by atoms with van der Waals surface area (Å²) >= 11 is 0. The lowest BCUT2D eigenvalue weighted by Gasteiger charge is -2.09. The number of benzene rings is 2. The molecule has 0 unspecified atom stereocenters. The van der Waals surface area contributed by atoms with Gasteiger partial charge in [0.05, 0.1) is 9.79 Å². The first-order chi connectivity index (χ1) is 8.63. The van der Waals surface area contributed by atoms with Crippen LogP contribution in [-0.4, -0.2) is 10.1 Å². The van der Waals surface area contributed by atoms with E-state index in [1.54, 1.807) is 48.5 Å². The molecule has 0 bridgehead atoms. The minimum atomic E-state index is -2.87. The molecule has 0 N–H and O–H groups in total. The summed E-state index contributed by atoms with van der Waals surface area (Å²) in [7, 11) is -2.87. The van der Waals surface area contributed by atoms with Crippen molar-refractivity contribution >= 4 is 15.6 Å². The smallest absolute Gasteiger partial charge is 0.251 e. The SMILES string of the molecule is CC(=O)N=S(=O)(c1ccccc1)c1ccccc1. The molecule has 0 heterocycles. The predicted octanol–water partition coefficient (Wildman–Crippen LogP) is 3.12. The molecule has 0 radical (unpaired) electrons. The van der Waals surface area contributed by atoms with E-state index in [4.69, 9.17) is 0 Å². The first kappa shape index (κ1) is 12.5. The van der Waals surface area contributed by atoms with Gasteiger partial charge in [-0.05, 0) is 24.3 Å². The van der Waals surface area contributed by atoms with E-state index in [1.165, 1.54) is 6.92 Å². The standard InChI is InChI=1S/C14H13NO2S/c1-12(16)15-18(17,13-8-4-2-5-9-13)14-10-6-3-7-11-14/h2-11H,1H3. The Kier molecular flexibility index (Phi) is 3.58. The summed E-state index contributed by atoms with van der Waals surface area (Å²) in [5, 5.41) is 0. The van der Waals surface area contributed by atoms with Gasteiger partial charge in [0.1, 0.15) is 9.73 Å². The molecule has 0 fully saturated rings. The van der Waals surface area contributed by atoms with Crippen LogP contribution in [0, 0.1) is 0 Å². The molecular weight excluding hydrogens is 246 g/mol. The van der Waals surface area contributed by atoms with E-state index in [-0.39, 0.29) is 0 Å². The molecule has 0 saturated heterocycles. The maximum absolute atomic E-state index is 13.0. The average Bonchev–Trinajstić information content (AvgIpc) is 2.40. The average molecular weight is 259 g/mol. The highest BCUT2D eigenvalue weighted by Crippen LogP contribution is 2.23. The summed E-state index contributed by atoms with van der Waals surface area (Å²) < 4.78 is 16.8. The molecular formula is C14H13NO2S. The molecule has 2 rings (SSSR count). The largest absolute Gasteiger partial charge is 0.272 e. The van der Waals surface area contributed by atoms with Crippen LogP contribution in [-0.2, 0) is 14.5 Å². The molecule has 0 atom stereocenters. The fourth-order valence-electron chi connectivity index (χ4n) is 1.63. The Morgan fingerprint density at radius 1 is 0.889 bits per heavy atom. The third-order valence-electron chi connectivity index (χ3n) is 2.38. The van der Waals surface area contributed by atoms with Crippen LogP contribution in [0.15, 0.2) is 74.8 Å². The van der Waals surface area contributed by atoms with Gasteiger partial charge < -0.3 is 0 Å². The van der Waals surface area contributed by atoms with Crippen molar-refractivity contribution in [1.82, 2.24) is 0 Å². The van der Waals surface area contributed by atoms with Gasteiger partial charge in [0, 0.05) is 6.92 Å². The molecule has 0 spiro atoms. The minimum absolute atomic E-state index is 0.437. The predicted molar refractivity (Wildman–Crippen MR) is 70.7 cm³/mol. The maximum atomic E-state index is 13.0. The summed E-state index contributed by atoms with van der Waals surface area (Å²) in [5.74, 6) is -0.437. The number of rotatable bonds is 2. The summed E-state index contributed by atoms with van der Waals surface area (Å²) in [6, 6.07) is 17.7. The van der Waals surface area contributed by atoms with E-state index >= 15 is 0 Å². The van der Waals surface area contributed by atoms with Crippen LogP contribution in [0.1, 0.15) is 6.92 Å². The molecule has 0 saturated carbocycles. The van der Waals surface area contributed by atoms with Crippen molar-refractivity contribution in [2.75, 3.05) is 0 Å². The number of hydrogen-bond acceptors (Lipinski definition) is 2. The number of hydrogen-bond donors (Lipinski definition) is 0. The molecule has 0 aromatic heterocycles. The molecule has 92 valence electrons. The van der Waals surface area contributed by atoms with Gasteiger partial charge in [-0.25, -0.2) is 4.21 Å². The lowest BCUT2D eigenvalue weighted by molar-refractivity contribution is -0.115. The third kappa shape index (κ3) is 2.49. The Morgan fingerprint density at radius 3 is 1.61 bits per heavy atom. The van der Waals surface area contributed by atoms with Gasteiger partial charge in [-0.15, -0.1) is 0 Å². The highest BCUT2D eigenvalue weighted by molar-refractivity contribution is 7.94. The van der Waals surface area contributed by atoms with E-state index < -0.39 is 15.6 Å². The second-order valence-corrected chi connectivity index (χ2v) is 5.94. The summed E-state index contributed by atoms with van der Waals surface area (Å²) in [4.78, 5) is 12.4. The topological polar surface area (TPSA) is 46.5 Å². The first-order valence-electron chi connectivity index (χ1n) is 5.51. The summed E-state index contributed by atoms with van der Waals surface area (Å²) in [5.41, 5.74) is 0. The van der Waals surface area contributed by atoms with E-state index in [0.717, 1.165) is 0 Å². The van der Waals surface area contributed by atoms with Gasteiger partial charge in [0.2, 0.25) is 0 Å². The molecule has 2 aromatic rings. The van der Waals surface area contributed by atoms with Crippen LogP contribution in [0.5, 0.6) is 0 Å². The van der Waals surface area contributed by atoms with Crippen molar-refractivity contribution in [2.45, 2.75) is 16.7 Å². The molecule has 0 aliphatic heterocycles. The van der Waals surface area contributed by atoms with Crippen molar-refractivity contribution in [3.8, 4) is 0 Å². The Labute approximate surface area is 107 Å². The van der Waals surface area contributed by atoms with Crippen LogP contribution in [0.2, 0.25) is 0 Å². The number of nitrogens with zero attached hydrogens (tertiary/aromatic N) is 1. The van der Waals surface area contributed by atoms with Crippen molar-refractivity contribution in [3.05, 3.63) is 60.7 Å². The molecule has 1 amide bonds. The van der Waals surface area contributed by atoms with E-state index in [1.807, 2.05) is 12.1 Å². The fraction of sp³-hybridized carbons (Fsp3) is 0.0714. The van der Waals surface area contributed by atoms with Gasteiger partial charge in [-0.1, -0.05) is 36.4 Å². The van der Waals surface area contributed by atoms with Gasteiger partial charge in [0.25, 0.3) is 5.91 Å². The Balaban J connectivity index is 2.72. The second kappa shape index (κ2) is 5.14. The lowest BCUT2D eigenvalue weighted by Crippen LogP contribution is -2.04. The Hall–Kier alpha value is -1.94. The quantitative estimate of drug-likeness (QED) is 0.831. The van der Waals surface area contributed by atoms with Crippen molar-refractivity contribution in [1.29, 1.82) is 0 Å². The molecule has 0 aliphatic rings. The van der Waals surface area contributed by atoms with Crippen LogP contribution in [0.3, 0.4) is 0 Å². The zero-order valence-corrected chi connectivity index (χ0v) is 10.8. The van der Waals surface area contributed by atoms with Crippen LogP contribution in [0.25, 0.3) is 0 Å². The van der Waals surface area contributed by atoms with Gasteiger partial charge in [0.15, 0.2) is 0 Å². The molecule has 18 heavy (non-hydrogen) atoms. The highest BCUT2D eigenvalue weighted by atomic mass is 32.2. The van der Waals surface area contributed by atoms with Crippen LogP contribution in [0.4, 0.5) is 0 Å². The van der Waals surface area contributed by atoms with Crippen LogP contribution < -0.4 is 0 Å². The summed E-state index contributed by atoms with van der Waals surface area (Å²) in [6.45, 7) is 1.31. The molecule has 0 aliphatic carbocycles. The first-order valence-corrected chi connectivity index (χ1v) is 7.02. The van der Waals surface area contributed by atoms with E-state index in [0.29, 0.717) is 9.79 Å². The normalized spacial score (nSPS) is 10.9. The van der Waals surface area contributed by atoms with Crippen LogP contribution >= 0.6 is 0 Å². The third-order valence-corrected chi connectivity index (χ3v) is 4.72. The number of carbonyl (C=O) groups excluding carboxylic acids is 1. The molecule has 2 aromatic carbocycles. The van der Waals surface area contributed by atoms with Gasteiger partial charge in [-0.2, -0.15) is 4.36 Å². The summed E-state index contributed by atoms with van der Waals surface area (Å²) in [6.07, 6.45) is 0.